The molecule has 1 unspecified atom stereocenters. The van der Waals surface area contributed by atoms with Crippen molar-refractivity contribution >= 4 is 34.6 Å². The number of ether oxygens (including phenoxy) is 2. The third-order valence-corrected chi connectivity index (χ3v) is 6.57. The highest BCUT2D eigenvalue weighted by molar-refractivity contribution is 6.18. The second-order valence-electron chi connectivity index (χ2n) is 8.54. The fourth-order valence-electron chi connectivity index (χ4n) is 5.05. The molecule has 7 heteroatoms. The van der Waals surface area contributed by atoms with Gasteiger partial charge < -0.3 is 14.0 Å². The fraction of sp³-hybridized carbons (Fsp3) is 0.179. The largest absolute Gasteiger partial charge is 0.468 e. The van der Waals surface area contributed by atoms with Crippen LogP contribution in [0.15, 0.2) is 73.1 Å². The highest BCUT2D eigenvalue weighted by Crippen LogP contribution is 2.58. The number of esters is 2. The van der Waals surface area contributed by atoms with E-state index in [9.17, 15) is 14.0 Å². The summed E-state index contributed by atoms with van der Waals surface area (Å²) in [5.41, 5.74) is 2.57. The van der Waals surface area contributed by atoms with Gasteiger partial charge in [0.15, 0.2) is 0 Å². The number of aromatic nitrogens is 2. The van der Waals surface area contributed by atoms with E-state index in [1.807, 2.05) is 55.5 Å². The molecular weight excluding hydrogens is 447 g/mol. The molecule has 1 aliphatic rings. The van der Waals surface area contributed by atoms with Crippen molar-refractivity contribution in [3.8, 4) is 0 Å². The molecule has 1 heterocycles. The summed E-state index contributed by atoms with van der Waals surface area (Å²) in [5.74, 6) is -2.09. The molecule has 4 aromatic rings. The number of hydrogen-bond donors (Lipinski definition) is 0. The minimum Gasteiger partial charge on any atom is -0.468 e. The summed E-state index contributed by atoms with van der Waals surface area (Å²) >= 11 is 0. The molecule has 0 amide bonds. The fourth-order valence-corrected chi connectivity index (χ4v) is 5.05. The number of halogens is 1. The Labute approximate surface area is 201 Å². The molecule has 0 N–H and O–H groups in total. The van der Waals surface area contributed by atoms with Crippen LogP contribution in [-0.4, -0.2) is 35.7 Å². The Morgan fingerprint density at radius 2 is 1.71 bits per heavy atom. The van der Waals surface area contributed by atoms with E-state index in [-0.39, 0.29) is 0 Å². The maximum absolute atomic E-state index is 14.7. The Balaban J connectivity index is 1.93. The third kappa shape index (κ3) is 3.34. The van der Waals surface area contributed by atoms with Crippen molar-refractivity contribution in [2.45, 2.75) is 13.0 Å². The summed E-state index contributed by atoms with van der Waals surface area (Å²) in [4.78, 5) is 31.9. The smallest absolute Gasteiger partial charge is 0.330 e. The summed E-state index contributed by atoms with van der Waals surface area (Å²) in [6.45, 7) is 1.94. The van der Waals surface area contributed by atoms with E-state index in [4.69, 9.17) is 9.47 Å². The lowest BCUT2D eigenvalue weighted by Gasteiger charge is -2.32. The zero-order valence-electron chi connectivity index (χ0n) is 19.5. The van der Waals surface area contributed by atoms with Crippen molar-refractivity contribution in [3.63, 3.8) is 0 Å². The van der Waals surface area contributed by atoms with Crippen LogP contribution in [0.2, 0.25) is 0 Å². The number of carbonyl (C=O) groups excluding carboxylic acids is 2. The molecule has 1 aromatic heterocycles. The van der Waals surface area contributed by atoms with Gasteiger partial charge in [0, 0.05) is 0 Å². The number of fused-ring (bicyclic) bond motifs is 2. The number of hydrogen-bond acceptors (Lipinski definition) is 5. The van der Waals surface area contributed by atoms with Crippen molar-refractivity contribution in [3.05, 3.63) is 101 Å². The summed E-state index contributed by atoms with van der Waals surface area (Å²) in [6.07, 6.45) is 3.32. The van der Waals surface area contributed by atoms with E-state index in [1.165, 1.54) is 26.4 Å². The standard InChI is InChI=1S/C28H23FN2O4/c1-17-9-12-23-24(13-17)31(16-30-23)25-21-15-19(29)10-11-20(21)22(14-18-7-5-4-6-8-18)28(25,26(32)34-2)27(33)35-3/h4-16,25H,1-3H3/b22-14-. The summed E-state index contributed by atoms with van der Waals surface area (Å²) in [5, 5.41) is 0. The molecule has 0 fully saturated rings. The highest BCUT2D eigenvalue weighted by Gasteiger charge is 2.64. The topological polar surface area (TPSA) is 70.4 Å². The van der Waals surface area contributed by atoms with Crippen LogP contribution in [0.5, 0.6) is 0 Å². The second-order valence-corrected chi connectivity index (χ2v) is 8.54. The van der Waals surface area contributed by atoms with Gasteiger partial charge in [0.05, 0.1) is 37.6 Å². The highest BCUT2D eigenvalue weighted by atomic mass is 19.1. The van der Waals surface area contributed by atoms with Crippen LogP contribution in [0.25, 0.3) is 22.7 Å². The number of carbonyl (C=O) groups is 2. The molecule has 0 radical (unpaired) electrons. The zero-order chi connectivity index (χ0) is 24.7. The van der Waals surface area contributed by atoms with Crippen molar-refractivity contribution in [1.29, 1.82) is 0 Å². The molecule has 35 heavy (non-hydrogen) atoms. The summed E-state index contributed by atoms with van der Waals surface area (Å²) < 4.78 is 26.9. The Morgan fingerprint density at radius 1 is 1.00 bits per heavy atom. The molecular formula is C28H23FN2O4. The molecule has 0 bridgehead atoms. The van der Waals surface area contributed by atoms with Crippen molar-refractivity contribution in [2.24, 2.45) is 5.41 Å². The first-order valence-corrected chi connectivity index (χ1v) is 11.1. The van der Waals surface area contributed by atoms with Crippen LogP contribution in [0.4, 0.5) is 4.39 Å². The third-order valence-electron chi connectivity index (χ3n) is 6.57. The number of methoxy groups -OCH3 is 2. The summed E-state index contributed by atoms with van der Waals surface area (Å²) in [7, 11) is 2.45. The predicted molar refractivity (Wildman–Crippen MR) is 130 cm³/mol. The Kier molecular flexibility index (Phi) is 5.47. The molecule has 5 rings (SSSR count). The van der Waals surface area contributed by atoms with Crippen molar-refractivity contribution in [2.75, 3.05) is 14.2 Å². The molecule has 0 spiro atoms. The maximum atomic E-state index is 14.7. The van der Waals surface area contributed by atoms with Gasteiger partial charge in [0.2, 0.25) is 5.41 Å². The zero-order valence-corrected chi connectivity index (χ0v) is 19.5. The average molecular weight is 471 g/mol. The first-order valence-electron chi connectivity index (χ1n) is 11.1. The molecule has 1 atom stereocenters. The number of aryl methyl sites for hydroxylation is 1. The van der Waals surface area contributed by atoms with E-state index in [1.54, 1.807) is 23.0 Å². The van der Waals surface area contributed by atoms with E-state index in [0.29, 0.717) is 27.7 Å². The molecule has 176 valence electrons. The van der Waals surface area contributed by atoms with Gasteiger partial charge in [-0.1, -0.05) is 42.5 Å². The van der Waals surface area contributed by atoms with E-state index >= 15 is 0 Å². The minimum atomic E-state index is -1.94. The van der Waals surface area contributed by atoms with Gasteiger partial charge in [0.1, 0.15) is 5.82 Å². The van der Waals surface area contributed by atoms with Crippen molar-refractivity contribution < 1.29 is 23.5 Å². The van der Waals surface area contributed by atoms with Gasteiger partial charge >= 0.3 is 11.9 Å². The Hall–Kier alpha value is -4.26. The Bertz CT molecular complexity index is 1470. The van der Waals surface area contributed by atoms with E-state index in [0.717, 1.165) is 11.1 Å². The van der Waals surface area contributed by atoms with Gasteiger partial charge in [-0.25, -0.2) is 9.37 Å². The number of imidazole rings is 1. The van der Waals surface area contributed by atoms with Gasteiger partial charge in [-0.15, -0.1) is 0 Å². The van der Waals surface area contributed by atoms with Crippen LogP contribution in [0.1, 0.15) is 28.3 Å². The molecule has 0 saturated carbocycles. The first kappa shape index (κ1) is 22.5. The second kappa shape index (κ2) is 8.51. The van der Waals surface area contributed by atoms with Crippen LogP contribution >= 0.6 is 0 Å². The van der Waals surface area contributed by atoms with Gasteiger partial charge in [-0.05, 0) is 65.1 Å². The lowest BCUT2D eigenvalue weighted by molar-refractivity contribution is -0.165. The predicted octanol–water partition coefficient (Wildman–Crippen LogP) is 4.96. The SMILES string of the molecule is COC(=O)C1(C(=O)OC)/C(=C\c2ccccc2)c2ccc(F)cc2C1n1cnc2ccc(C)cc21. The number of rotatable bonds is 4. The van der Waals surface area contributed by atoms with Gasteiger partial charge in [0.25, 0.3) is 0 Å². The number of nitrogens with zero attached hydrogens (tertiary/aromatic N) is 2. The van der Waals surface area contributed by atoms with E-state index in [2.05, 4.69) is 4.98 Å². The van der Waals surface area contributed by atoms with E-state index < -0.39 is 29.2 Å². The maximum Gasteiger partial charge on any atom is 0.330 e. The monoisotopic (exact) mass is 470 g/mol. The summed E-state index contributed by atoms with van der Waals surface area (Å²) in [6, 6.07) is 18.3. The normalized spacial score (nSPS) is 17.4. The lowest BCUT2D eigenvalue weighted by atomic mass is 9.76. The van der Waals surface area contributed by atoms with Crippen LogP contribution in [0, 0.1) is 18.2 Å². The molecule has 0 aliphatic heterocycles. The molecule has 3 aromatic carbocycles. The molecule has 0 saturated heterocycles. The lowest BCUT2D eigenvalue weighted by Crippen LogP contribution is -2.46. The van der Waals surface area contributed by atoms with Crippen LogP contribution in [0.3, 0.4) is 0 Å². The van der Waals surface area contributed by atoms with Crippen molar-refractivity contribution in [1.82, 2.24) is 9.55 Å². The molecule has 6 nitrogen and oxygen atoms in total. The van der Waals surface area contributed by atoms with Crippen LogP contribution in [-0.2, 0) is 19.1 Å². The van der Waals surface area contributed by atoms with Gasteiger partial charge in [-0.2, -0.15) is 0 Å². The molecule has 1 aliphatic carbocycles. The minimum absolute atomic E-state index is 0.372. The van der Waals surface area contributed by atoms with Crippen LogP contribution < -0.4 is 0 Å². The average Bonchev–Trinajstić information content (AvgIpc) is 3.39. The first-order chi connectivity index (χ1) is 16.9. The Morgan fingerprint density at radius 3 is 2.40 bits per heavy atom. The quantitative estimate of drug-likeness (QED) is 0.312. The number of benzene rings is 3. The van der Waals surface area contributed by atoms with Gasteiger partial charge in [-0.3, -0.25) is 9.59 Å².